The van der Waals surface area contributed by atoms with E-state index in [2.05, 4.69) is 10.5 Å². The van der Waals surface area contributed by atoms with Gasteiger partial charge in [-0.1, -0.05) is 35.9 Å². The molecule has 1 N–H and O–H groups in total. The number of halogens is 1. The summed E-state index contributed by atoms with van der Waals surface area (Å²) in [5, 5.41) is 3.80. The summed E-state index contributed by atoms with van der Waals surface area (Å²) in [7, 11) is -2.74. The van der Waals surface area contributed by atoms with Gasteiger partial charge < -0.3 is 8.92 Å². The number of hydrogen-bond donors (Lipinski definition) is 1. The van der Waals surface area contributed by atoms with Gasteiger partial charge in [-0.3, -0.25) is 4.79 Å². The summed E-state index contributed by atoms with van der Waals surface area (Å²) in [4.78, 5) is 12.0. The van der Waals surface area contributed by atoms with Crippen LogP contribution in [0, 0.1) is 12.7 Å². The van der Waals surface area contributed by atoms with Crippen molar-refractivity contribution in [1.82, 2.24) is 5.43 Å². The van der Waals surface area contributed by atoms with Crippen molar-refractivity contribution >= 4 is 22.2 Å². The number of hydrazone groups is 1. The highest BCUT2D eigenvalue weighted by atomic mass is 32.2. The number of nitrogens with one attached hydrogen (secondary N) is 1. The van der Waals surface area contributed by atoms with Gasteiger partial charge in [-0.05, 0) is 48.9 Å². The largest absolute Gasteiger partial charge is 0.497 e. The molecule has 9 heteroatoms. The molecule has 0 aromatic heterocycles. The monoisotopic (exact) mass is 456 g/mol. The van der Waals surface area contributed by atoms with Crippen LogP contribution in [-0.2, 0) is 21.3 Å². The van der Waals surface area contributed by atoms with Crippen molar-refractivity contribution < 1.29 is 26.5 Å². The lowest BCUT2D eigenvalue weighted by atomic mass is 10.1. The first-order chi connectivity index (χ1) is 15.3. The molecule has 0 saturated carbocycles. The quantitative estimate of drug-likeness (QED) is 0.318. The number of rotatable bonds is 8. The lowest BCUT2D eigenvalue weighted by Crippen LogP contribution is -2.20. The second-order valence-corrected chi connectivity index (χ2v) is 8.38. The molecule has 0 fully saturated rings. The van der Waals surface area contributed by atoms with E-state index in [9.17, 15) is 17.6 Å². The van der Waals surface area contributed by atoms with Crippen LogP contribution in [0.5, 0.6) is 11.5 Å². The molecule has 0 atom stereocenters. The highest BCUT2D eigenvalue weighted by Gasteiger charge is 2.21. The maximum absolute atomic E-state index is 14.4. The van der Waals surface area contributed by atoms with E-state index in [4.69, 9.17) is 8.92 Å². The molecular formula is C23H21FN2O5S. The van der Waals surface area contributed by atoms with Gasteiger partial charge in [0.2, 0.25) is 5.91 Å². The van der Waals surface area contributed by atoms with Crippen LogP contribution >= 0.6 is 0 Å². The Balaban J connectivity index is 1.73. The minimum Gasteiger partial charge on any atom is -0.497 e. The van der Waals surface area contributed by atoms with Gasteiger partial charge in [0.15, 0.2) is 11.6 Å². The van der Waals surface area contributed by atoms with Crippen molar-refractivity contribution in [3.8, 4) is 11.5 Å². The van der Waals surface area contributed by atoms with Crippen molar-refractivity contribution in [2.75, 3.05) is 7.11 Å². The molecule has 32 heavy (non-hydrogen) atoms. The van der Waals surface area contributed by atoms with E-state index in [1.54, 1.807) is 36.4 Å². The first-order valence-electron chi connectivity index (χ1n) is 9.53. The predicted molar refractivity (Wildman–Crippen MR) is 118 cm³/mol. The van der Waals surface area contributed by atoms with Crippen molar-refractivity contribution in [1.29, 1.82) is 0 Å². The molecule has 0 spiro atoms. The summed E-state index contributed by atoms with van der Waals surface area (Å²) in [6.07, 6.45) is 1.16. The molecule has 0 saturated heterocycles. The molecule has 3 aromatic rings. The average molecular weight is 456 g/mol. The molecule has 0 radical (unpaired) electrons. The lowest BCUT2D eigenvalue weighted by molar-refractivity contribution is -0.120. The molecule has 0 unspecified atom stereocenters. The second kappa shape index (κ2) is 10.1. The Morgan fingerprint density at radius 2 is 1.81 bits per heavy atom. The topological polar surface area (TPSA) is 94.1 Å². The number of ether oxygens (including phenoxy) is 1. The van der Waals surface area contributed by atoms with Crippen molar-refractivity contribution in [2.24, 2.45) is 5.10 Å². The van der Waals surface area contributed by atoms with Crippen molar-refractivity contribution in [3.63, 3.8) is 0 Å². The molecule has 7 nitrogen and oxygen atoms in total. The number of amides is 1. The predicted octanol–water partition coefficient (Wildman–Crippen LogP) is 3.60. The van der Waals surface area contributed by atoms with Crippen LogP contribution in [0.3, 0.4) is 0 Å². The van der Waals surface area contributed by atoms with Gasteiger partial charge in [0.25, 0.3) is 0 Å². The number of carbonyl (C=O) groups is 1. The zero-order valence-corrected chi connectivity index (χ0v) is 18.2. The minimum absolute atomic E-state index is 0.0439. The Kier molecular flexibility index (Phi) is 7.21. The zero-order chi connectivity index (χ0) is 23.1. The van der Waals surface area contributed by atoms with Gasteiger partial charge in [0, 0.05) is 5.56 Å². The number of methoxy groups -OCH3 is 1. The van der Waals surface area contributed by atoms with Gasteiger partial charge in [-0.15, -0.1) is 0 Å². The van der Waals surface area contributed by atoms with E-state index >= 15 is 0 Å². The summed E-state index contributed by atoms with van der Waals surface area (Å²) in [5.74, 6) is -1.19. The SMILES string of the molecule is COc1cccc(CC(=O)NN=Cc2cccc(F)c2OS(=O)(=O)c2ccc(C)cc2)c1. The molecule has 0 heterocycles. The van der Waals surface area contributed by atoms with Gasteiger partial charge in [-0.25, -0.2) is 9.82 Å². The second-order valence-electron chi connectivity index (χ2n) is 6.83. The smallest absolute Gasteiger partial charge is 0.339 e. The van der Waals surface area contributed by atoms with Gasteiger partial charge >= 0.3 is 10.1 Å². The molecule has 3 rings (SSSR count). The van der Waals surface area contributed by atoms with E-state index in [-0.39, 0.29) is 16.9 Å². The molecule has 0 aliphatic rings. The third kappa shape index (κ3) is 5.92. The normalized spacial score (nSPS) is 11.3. The molecule has 166 valence electrons. The number of hydrogen-bond acceptors (Lipinski definition) is 6. The van der Waals surface area contributed by atoms with Crippen LogP contribution in [0.25, 0.3) is 0 Å². The third-order valence-electron chi connectivity index (χ3n) is 4.39. The van der Waals surface area contributed by atoms with Crippen LogP contribution in [0.1, 0.15) is 16.7 Å². The van der Waals surface area contributed by atoms with Crippen molar-refractivity contribution in [2.45, 2.75) is 18.2 Å². The molecule has 0 aliphatic heterocycles. The maximum Gasteiger partial charge on any atom is 0.339 e. The molecule has 3 aromatic carbocycles. The first kappa shape index (κ1) is 23.0. The summed E-state index contributed by atoms with van der Waals surface area (Å²) in [6, 6.07) is 16.8. The number of aryl methyl sites for hydroxylation is 1. The molecule has 0 bridgehead atoms. The number of benzene rings is 3. The third-order valence-corrected chi connectivity index (χ3v) is 5.63. The summed E-state index contributed by atoms with van der Waals surface area (Å²) >= 11 is 0. The van der Waals surface area contributed by atoms with Crippen molar-refractivity contribution in [3.05, 3.63) is 89.2 Å². The fraction of sp³-hybridized carbons (Fsp3) is 0.130. The van der Waals surface area contributed by atoms with Crippen LogP contribution in [0.15, 0.2) is 76.7 Å². The number of carbonyl (C=O) groups excluding carboxylic acids is 1. The van der Waals surface area contributed by atoms with Crippen LogP contribution < -0.4 is 14.3 Å². The highest BCUT2D eigenvalue weighted by Crippen LogP contribution is 2.25. The van der Waals surface area contributed by atoms with E-state index in [0.29, 0.717) is 5.75 Å². The summed E-state index contributed by atoms with van der Waals surface area (Å²) in [6.45, 7) is 1.81. The lowest BCUT2D eigenvalue weighted by Gasteiger charge is -2.10. The van der Waals surface area contributed by atoms with Crippen LogP contribution in [0.2, 0.25) is 0 Å². The Morgan fingerprint density at radius 3 is 2.53 bits per heavy atom. The fourth-order valence-corrected chi connectivity index (χ4v) is 3.72. The summed E-state index contributed by atoms with van der Waals surface area (Å²) < 4.78 is 49.6. The number of para-hydroxylation sites is 1. The Bertz CT molecular complexity index is 1240. The zero-order valence-electron chi connectivity index (χ0n) is 17.4. The fourth-order valence-electron chi connectivity index (χ4n) is 2.76. The summed E-state index contributed by atoms with van der Waals surface area (Å²) in [5.41, 5.74) is 3.96. The molecular weight excluding hydrogens is 435 g/mol. The van der Waals surface area contributed by atoms with E-state index in [1.165, 1.54) is 31.4 Å². The Labute approximate surface area is 185 Å². The van der Waals surface area contributed by atoms with E-state index in [1.807, 2.05) is 6.92 Å². The van der Waals surface area contributed by atoms with Gasteiger partial charge in [-0.2, -0.15) is 13.5 Å². The molecule has 1 amide bonds. The van der Waals surface area contributed by atoms with E-state index in [0.717, 1.165) is 23.4 Å². The minimum atomic E-state index is -4.26. The van der Waals surface area contributed by atoms with Gasteiger partial charge in [0.1, 0.15) is 10.6 Å². The molecule has 0 aliphatic carbocycles. The standard InChI is InChI=1S/C23H21FN2O5S/c1-16-9-11-20(12-10-16)32(28,29)31-23-18(6-4-8-21(23)24)15-25-26-22(27)14-17-5-3-7-19(13-17)30-2/h3-13,15H,14H2,1-2H3,(H,26,27). The highest BCUT2D eigenvalue weighted by molar-refractivity contribution is 7.87. The van der Waals surface area contributed by atoms with Crippen LogP contribution in [0.4, 0.5) is 4.39 Å². The van der Waals surface area contributed by atoms with E-state index < -0.39 is 27.6 Å². The van der Waals surface area contributed by atoms with Gasteiger partial charge in [0.05, 0.1) is 19.7 Å². The maximum atomic E-state index is 14.4. The first-order valence-corrected chi connectivity index (χ1v) is 10.9. The number of nitrogens with zero attached hydrogens (tertiary/aromatic N) is 1. The average Bonchev–Trinajstić information content (AvgIpc) is 2.76. The van der Waals surface area contributed by atoms with Crippen LogP contribution in [-0.4, -0.2) is 27.6 Å². The Morgan fingerprint density at radius 1 is 1.09 bits per heavy atom. The Hall–Kier alpha value is -3.72.